The molecule has 1 unspecified atom stereocenters. The van der Waals surface area contributed by atoms with Gasteiger partial charge in [-0.3, -0.25) is 4.79 Å². The number of pyridine rings is 1. The third kappa shape index (κ3) is 2.67. The molecule has 1 N–H and O–H groups in total. The Labute approximate surface area is 135 Å². The zero-order chi connectivity index (χ0) is 16.0. The molecule has 6 heteroatoms. The van der Waals surface area contributed by atoms with Crippen LogP contribution in [-0.4, -0.2) is 55.6 Å². The molecule has 23 heavy (non-hydrogen) atoms. The van der Waals surface area contributed by atoms with Gasteiger partial charge in [0, 0.05) is 38.6 Å². The highest BCUT2D eigenvalue weighted by molar-refractivity contribution is 5.99. The van der Waals surface area contributed by atoms with E-state index >= 15 is 0 Å². The maximum absolute atomic E-state index is 12.6. The minimum atomic E-state index is -0.0923. The third-order valence-corrected chi connectivity index (χ3v) is 4.96. The van der Waals surface area contributed by atoms with Crippen LogP contribution < -0.4 is 10.2 Å². The van der Waals surface area contributed by atoms with Gasteiger partial charge in [0.25, 0.3) is 5.91 Å². The van der Waals surface area contributed by atoms with Crippen molar-refractivity contribution in [3.05, 3.63) is 24.2 Å². The monoisotopic (exact) mass is 314 g/mol. The van der Waals surface area contributed by atoms with E-state index < -0.39 is 0 Å². The van der Waals surface area contributed by atoms with Gasteiger partial charge in [-0.15, -0.1) is 0 Å². The summed E-state index contributed by atoms with van der Waals surface area (Å²) in [5.41, 5.74) is 2.11. The average Bonchev–Trinajstić information content (AvgIpc) is 3.09. The summed E-state index contributed by atoms with van der Waals surface area (Å²) < 4.78 is 5.49. The molecule has 2 aromatic rings. The quantitative estimate of drug-likeness (QED) is 0.934. The predicted molar refractivity (Wildman–Crippen MR) is 88.8 cm³/mol. The highest BCUT2D eigenvalue weighted by Crippen LogP contribution is 2.29. The van der Waals surface area contributed by atoms with Gasteiger partial charge >= 0.3 is 0 Å². The minimum absolute atomic E-state index is 0.0923. The first-order valence-electron chi connectivity index (χ1n) is 8.18. The molecule has 2 aromatic heterocycles. The van der Waals surface area contributed by atoms with E-state index in [2.05, 4.69) is 15.2 Å². The van der Waals surface area contributed by atoms with Crippen LogP contribution in [0.15, 0.2) is 22.9 Å². The molecular weight excluding hydrogens is 292 g/mol. The number of hydrogen-bond donors (Lipinski definition) is 1. The van der Waals surface area contributed by atoms with Crippen LogP contribution in [0.1, 0.15) is 23.3 Å². The molecule has 2 aliphatic heterocycles. The number of nitrogens with one attached hydrogen (secondary N) is 1. The van der Waals surface area contributed by atoms with E-state index in [1.165, 1.54) is 19.5 Å². The molecule has 2 fully saturated rings. The van der Waals surface area contributed by atoms with Crippen molar-refractivity contribution in [2.24, 2.45) is 5.92 Å². The van der Waals surface area contributed by atoms with Crippen molar-refractivity contribution in [3.8, 4) is 0 Å². The molecule has 2 saturated heterocycles. The Kier molecular flexibility index (Phi) is 3.49. The zero-order valence-corrected chi connectivity index (χ0v) is 13.6. The van der Waals surface area contributed by atoms with Crippen LogP contribution in [0.25, 0.3) is 11.0 Å². The number of carbonyl (C=O) groups is 1. The number of hydrogen-bond acceptors (Lipinski definition) is 5. The largest absolute Gasteiger partial charge is 0.460 e. The van der Waals surface area contributed by atoms with E-state index in [0.717, 1.165) is 30.0 Å². The minimum Gasteiger partial charge on any atom is -0.460 e. The molecule has 122 valence electrons. The molecule has 1 amide bonds. The molecule has 4 rings (SSSR count). The van der Waals surface area contributed by atoms with Crippen LogP contribution in [0.5, 0.6) is 0 Å². The fourth-order valence-electron chi connectivity index (χ4n) is 3.81. The second-order valence-electron chi connectivity index (χ2n) is 6.90. The van der Waals surface area contributed by atoms with Gasteiger partial charge in [-0.05, 0) is 31.4 Å². The molecule has 0 aliphatic carbocycles. The molecule has 0 saturated carbocycles. The summed E-state index contributed by atoms with van der Waals surface area (Å²) in [5, 5.41) is 4.07. The van der Waals surface area contributed by atoms with E-state index in [4.69, 9.17) is 4.42 Å². The maximum atomic E-state index is 12.6. The molecule has 2 bridgehead atoms. The van der Waals surface area contributed by atoms with E-state index in [1.54, 1.807) is 12.5 Å². The van der Waals surface area contributed by atoms with E-state index in [1.807, 2.05) is 25.1 Å². The van der Waals surface area contributed by atoms with Gasteiger partial charge in [0.2, 0.25) is 0 Å². The lowest BCUT2D eigenvalue weighted by molar-refractivity contribution is 0.0904. The Bertz CT molecular complexity index is 727. The first kappa shape index (κ1) is 14.5. The Morgan fingerprint density at radius 1 is 1.43 bits per heavy atom. The molecule has 3 atom stereocenters. The summed E-state index contributed by atoms with van der Waals surface area (Å²) in [5.74, 6) is 0.643. The number of furan rings is 1. The SMILES string of the molecule is CN(C)c1coc2cnc(C(=O)N[C@@H]3C[C@H]4CCN(C4)C3)cc12. The van der Waals surface area contributed by atoms with Crippen LogP contribution in [0.3, 0.4) is 0 Å². The number of rotatable bonds is 3. The highest BCUT2D eigenvalue weighted by atomic mass is 16.3. The van der Waals surface area contributed by atoms with Crippen LogP contribution in [0.4, 0.5) is 5.69 Å². The molecule has 0 aromatic carbocycles. The number of aromatic nitrogens is 1. The van der Waals surface area contributed by atoms with Crippen molar-refractivity contribution < 1.29 is 9.21 Å². The van der Waals surface area contributed by atoms with Gasteiger partial charge in [0.15, 0.2) is 5.58 Å². The second-order valence-corrected chi connectivity index (χ2v) is 6.90. The highest BCUT2D eigenvalue weighted by Gasteiger charge is 2.33. The smallest absolute Gasteiger partial charge is 0.270 e. The summed E-state index contributed by atoms with van der Waals surface area (Å²) in [4.78, 5) is 21.2. The fraction of sp³-hybridized carbons (Fsp3) is 0.529. The van der Waals surface area contributed by atoms with E-state index in [0.29, 0.717) is 11.3 Å². The van der Waals surface area contributed by atoms with Gasteiger partial charge in [-0.25, -0.2) is 4.98 Å². The van der Waals surface area contributed by atoms with Gasteiger partial charge in [-0.2, -0.15) is 0 Å². The Morgan fingerprint density at radius 3 is 3.09 bits per heavy atom. The first-order chi connectivity index (χ1) is 11.1. The van der Waals surface area contributed by atoms with Gasteiger partial charge < -0.3 is 19.5 Å². The summed E-state index contributed by atoms with van der Waals surface area (Å²) >= 11 is 0. The van der Waals surface area contributed by atoms with Gasteiger partial charge in [-0.1, -0.05) is 0 Å². The zero-order valence-electron chi connectivity index (χ0n) is 13.6. The van der Waals surface area contributed by atoms with Crippen molar-refractivity contribution in [3.63, 3.8) is 0 Å². The lowest BCUT2D eigenvalue weighted by Crippen LogP contribution is -2.47. The number of amides is 1. The molecule has 6 nitrogen and oxygen atoms in total. The van der Waals surface area contributed by atoms with Crippen molar-refractivity contribution in [2.45, 2.75) is 18.9 Å². The number of carbonyl (C=O) groups excluding carboxylic acids is 1. The Hall–Kier alpha value is -2.08. The van der Waals surface area contributed by atoms with Crippen molar-refractivity contribution in [2.75, 3.05) is 38.6 Å². The first-order valence-corrected chi connectivity index (χ1v) is 8.18. The molecule has 0 radical (unpaired) electrons. The summed E-state index contributed by atoms with van der Waals surface area (Å²) in [6.45, 7) is 3.32. The lowest BCUT2D eigenvalue weighted by atomic mass is 9.97. The van der Waals surface area contributed by atoms with E-state index in [9.17, 15) is 4.79 Å². The lowest BCUT2D eigenvalue weighted by Gasteiger charge is -2.30. The Morgan fingerprint density at radius 2 is 2.30 bits per heavy atom. The summed E-state index contributed by atoms with van der Waals surface area (Å²) in [6.07, 6.45) is 5.67. The Balaban J connectivity index is 1.54. The predicted octanol–water partition coefficient (Wildman–Crippen LogP) is 1.72. The van der Waals surface area contributed by atoms with Crippen molar-refractivity contribution in [1.82, 2.24) is 15.2 Å². The standard InChI is InChI=1S/C17H22N4O2/c1-20(2)15-10-23-16-7-18-14(6-13(15)16)17(22)19-12-5-11-3-4-21(8-11)9-12/h6-7,10-12H,3-5,8-9H2,1-2H3,(H,19,22)/t11-,12-/m1/s1. The van der Waals surface area contributed by atoms with E-state index in [-0.39, 0.29) is 11.9 Å². The van der Waals surface area contributed by atoms with Crippen molar-refractivity contribution in [1.29, 1.82) is 0 Å². The van der Waals surface area contributed by atoms with Crippen LogP contribution in [0.2, 0.25) is 0 Å². The fourth-order valence-corrected chi connectivity index (χ4v) is 3.81. The molecule has 2 aliphatic rings. The number of nitrogens with zero attached hydrogens (tertiary/aromatic N) is 3. The third-order valence-electron chi connectivity index (χ3n) is 4.96. The van der Waals surface area contributed by atoms with Crippen LogP contribution in [-0.2, 0) is 0 Å². The van der Waals surface area contributed by atoms with Crippen LogP contribution in [0, 0.1) is 5.92 Å². The normalized spacial score (nSPS) is 26.4. The topological polar surface area (TPSA) is 61.6 Å². The van der Waals surface area contributed by atoms with Gasteiger partial charge in [0.05, 0.1) is 11.9 Å². The summed E-state index contributed by atoms with van der Waals surface area (Å²) in [6, 6.07) is 2.06. The summed E-state index contributed by atoms with van der Waals surface area (Å²) in [7, 11) is 3.91. The van der Waals surface area contributed by atoms with Crippen LogP contribution >= 0.6 is 0 Å². The number of fused-ring (bicyclic) bond motifs is 3. The maximum Gasteiger partial charge on any atom is 0.270 e. The second kappa shape index (κ2) is 5.53. The van der Waals surface area contributed by atoms with Crippen molar-refractivity contribution >= 4 is 22.6 Å². The molecule has 4 heterocycles. The molecule has 0 spiro atoms. The van der Waals surface area contributed by atoms with Gasteiger partial charge in [0.1, 0.15) is 12.0 Å². The average molecular weight is 314 g/mol. The number of piperidine rings is 1. The molecular formula is C17H22N4O2. The number of anilines is 1.